The Hall–Kier alpha value is -2.38. The van der Waals surface area contributed by atoms with Crippen LogP contribution in [0.5, 0.6) is 5.75 Å². The van der Waals surface area contributed by atoms with Gasteiger partial charge in [0.15, 0.2) is 5.76 Å². The van der Waals surface area contributed by atoms with E-state index < -0.39 is 5.97 Å². The van der Waals surface area contributed by atoms with Crippen LogP contribution < -0.4 is 40.1 Å². The van der Waals surface area contributed by atoms with E-state index >= 15 is 0 Å². The monoisotopic (exact) mass is 848 g/mol. The smallest absolute Gasteiger partial charge is 0.871 e. The molecular formula is C32H17Br4N2NaO5. The Morgan fingerprint density at radius 3 is 2.34 bits per heavy atom. The summed E-state index contributed by atoms with van der Waals surface area (Å²) in [4.78, 5) is 35.2. The van der Waals surface area contributed by atoms with Crippen LogP contribution >= 0.6 is 63.7 Å². The number of ether oxygens (including phenoxy) is 1. The molecular weight excluding hydrogens is 835 g/mol. The molecule has 0 N–H and O–H groups in total. The van der Waals surface area contributed by atoms with Crippen molar-refractivity contribution in [2.75, 3.05) is 0 Å². The van der Waals surface area contributed by atoms with Crippen molar-refractivity contribution in [1.82, 2.24) is 9.97 Å². The van der Waals surface area contributed by atoms with Crippen molar-refractivity contribution in [2.45, 2.75) is 13.5 Å². The summed E-state index contributed by atoms with van der Waals surface area (Å²) >= 11 is 13.4. The zero-order chi connectivity index (χ0) is 30.4. The average Bonchev–Trinajstić information content (AvgIpc) is 3.01. The van der Waals surface area contributed by atoms with Gasteiger partial charge in [-0.3, -0.25) is 14.8 Å². The molecule has 3 heterocycles. The number of halogens is 4. The molecule has 0 radical (unpaired) electrons. The fraction of sp³-hybridized carbons (Fsp3) is 0.0625. The number of fused-ring (bicyclic) bond motifs is 2. The summed E-state index contributed by atoms with van der Waals surface area (Å²) in [5.41, 5.74) is 5.09. The van der Waals surface area contributed by atoms with Crippen LogP contribution in [0.4, 0.5) is 0 Å². The molecule has 44 heavy (non-hydrogen) atoms. The minimum Gasteiger partial charge on any atom is -0.871 e. The van der Waals surface area contributed by atoms with Gasteiger partial charge in [0.2, 0.25) is 5.43 Å². The van der Waals surface area contributed by atoms with Crippen LogP contribution in [0.2, 0.25) is 0 Å². The number of aryl methyl sites for hydroxylation is 1. The molecule has 1 aliphatic carbocycles. The number of rotatable bonds is 5. The van der Waals surface area contributed by atoms with Gasteiger partial charge in [0.05, 0.1) is 25.9 Å². The molecule has 0 atom stereocenters. The molecule has 6 rings (SSSR count). The summed E-state index contributed by atoms with van der Waals surface area (Å²) in [5.74, 6) is -0.639. The Morgan fingerprint density at radius 2 is 1.59 bits per heavy atom. The summed E-state index contributed by atoms with van der Waals surface area (Å²) in [7, 11) is 0. The van der Waals surface area contributed by atoms with Crippen LogP contribution in [0.25, 0.3) is 44.8 Å². The molecule has 0 saturated heterocycles. The molecule has 2 aliphatic rings. The third kappa shape index (κ3) is 6.20. The molecule has 0 saturated carbocycles. The summed E-state index contributed by atoms with van der Waals surface area (Å²) in [6.45, 7) is 1.99. The second kappa shape index (κ2) is 13.5. The standard InChI is InChI=1S/C32H18Br4N2O5.Na/c1-15-6-8-37-23(10-15)24-11-16(7-9-38-24)14-42-32(41)18-5-3-2-4-17(18)25-19-12-21(33)28(39)26(35)30(19)43-31-20(25)13-22(34)29(40)27(31)36;/h2-13,39H,14H2,1H3;/q;+1/p-1. The first-order valence-corrected chi connectivity index (χ1v) is 15.9. The molecule has 214 valence electrons. The summed E-state index contributed by atoms with van der Waals surface area (Å²) in [5, 5.41) is 13.3. The third-order valence-corrected chi connectivity index (χ3v) is 9.41. The Kier molecular flexibility index (Phi) is 10.2. The number of benzene rings is 3. The maximum Gasteiger partial charge on any atom is 1.00 e. The van der Waals surface area contributed by atoms with Gasteiger partial charge < -0.3 is 14.3 Å². The topological polar surface area (TPSA) is 105 Å². The van der Waals surface area contributed by atoms with Crippen molar-refractivity contribution in [3.8, 4) is 39.6 Å². The number of carbonyl (C=O) groups is 1. The Morgan fingerprint density at radius 1 is 0.886 bits per heavy atom. The summed E-state index contributed by atoms with van der Waals surface area (Å²) < 4.78 is 12.9. The Labute approximate surface area is 307 Å². The fourth-order valence-electron chi connectivity index (χ4n) is 4.76. The minimum absolute atomic E-state index is 0. The molecule has 0 unspecified atom stereocenters. The van der Waals surface area contributed by atoms with E-state index in [0.29, 0.717) is 42.3 Å². The van der Waals surface area contributed by atoms with Gasteiger partial charge in [0, 0.05) is 33.4 Å². The molecule has 0 bridgehead atoms. The summed E-state index contributed by atoms with van der Waals surface area (Å²) in [6.07, 6.45) is 3.38. The van der Waals surface area contributed by atoms with E-state index in [1.165, 1.54) is 0 Å². The molecule has 1 aliphatic heterocycles. The number of aromatic nitrogens is 2. The van der Waals surface area contributed by atoms with Crippen molar-refractivity contribution >= 4 is 80.7 Å². The average molecular weight is 852 g/mol. The first-order chi connectivity index (χ1) is 20.6. The fourth-order valence-corrected chi connectivity index (χ4v) is 7.17. The molecule has 4 aromatic rings. The number of hydrogen-bond acceptors (Lipinski definition) is 7. The molecule has 2 aromatic heterocycles. The predicted octanol–water partition coefficient (Wildman–Crippen LogP) is 5.81. The Bertz CT molecular complexity index is 2120. The van der Waals surface area contributed by atoms with Crippen LogP contribution in [0.3, 0.4) is 0 Å². The van der Waals surface area contributed by atoms with Gasteiger partial charge in [-0.05, 0) is 114 Å². The maximum absolute atomic E-state index is 13.6. The maximum atomic E-state index is 13.6. The van der Waals surface area contributed by atoms with Crippen molar-refractivity contribution in [3.63, 3.8) is 0 Å². The van der Waals surface area contributed by atoms with Gasteiger partial charge in [-0.2, -0.15) is 0 Å². The van der Waals surface area contributed by atoms with E-state index in [1.807, 2.05) is 25.1 Å². The number of carbonyl (C=O) groups excluding carboxylic acids is 1. The van der Waals surface area contributed by atoms with Crippen molar-refractivity contribution < 1.29 is 48.6 Å². The van der Waals surface area contributed by atoms with Crippen LogP contribution in [0.15, 0.2) is 100 Å². The van der Waals surface area contributed by atoms with Crippen LogP contribution in [-0.2, 0) is 11.3 Å². The van der Waals surface area contributed by atoms with Gasteiger partial charge in [-0.15, -0.1) is 0 Å². The summed E-state index contributed by atoms with van der Waals surface area (Å²) in [6, 6.07) is 17.8. The second-order valence-corrected chi connectivity index (χ2v) is 12.9. The van der Waals surface area contributed by atoms with Crippen LogP contribution in [0.1, 0.15) is 21.5 Å². The number of hydrogen-bond donors (Lipinski definition) is 0. The normalized spacial score (nSPS) is 11.0. The molecule has 2 aromatic carbocycles. The van der Waals surface area contributed by atoms with Gasteiger partial charge in [-0.1, -0.05) is 39.9 Å². The van der Waals surface area contributed by atoms with Crippen molar-refractivity contribution in [1.29, 1.82) is 0 Å². The van der Waals surface area contributed by atoms with Crippen molar-refractivity contribution in [3.05, 3.63) is 118 Å². The van der Waals surface area contributed by atoms with E-state index in [9.17, 15) is 14.7 Å². The molecule has 0 amide bonds. The van der Waals surface area contributed by atoms with E-state index in [-0.39, 0.29) is 67.6 Å². The SMILES string of the molecule is Cc1ccnc(-c2cc(COC(=O)c3ccccc3-c3c4cc(Br)c(=O)c(Br)c-4oc4c(Br)c([O-])c(Br)cc34)ccn2)c1.[Na+]. The predicted molar refractivity (Wildman–Crippen MR) is 176 cm³/mol. The van der Waals surface area contributed by atoms with Gasteiger partial charge in [0.1, 0.15) is 16.7 Å². The number of esters is 1. The van der Waals surface area contributed by atoms with Gasteiger partial charge >= 0.3 is 35.5 Å². The minimum atomic E-state index is -0.554. The van der Waals surface area contributed by atoms with E-state index in [1.54, 1.807) is 54.9 Å². The first kappa shape index (κ1) is 33.0. The quantitative estimate of drug-likeness (QED) is 0.123. The third-order valence-electron chi connectivity index (χ3n) is 6.79. The Balaban J connectivity index is 0.00000384. The second-order valence-electron chi connectivity index (χ2n) is 9.62. The van der Waals surface area contributed by atoms with Crippen LogP contribution in [0, 0.1) is 6.92 Å². The zero-order valence-electron chi connectivity index (χ0n) is 23.1. The van der Waals surface area contributed by atoms with Gasteiger partial charge in [-0.25, -0.2) is 4.79 Å². The molecule has 7 nitrogen and oxygen atoms in total. The van der Waals surface area contributed by atoms with Crippen molar-refractivity contribution in [2.24, 2.45) is 0 Å². The molecule has 12 heteroatoms. The largest absolute Gasteiger partial charge is 1.00 e. The van der Waals surface area contributed by atoms with E-state index in [4.69, 9.17) is 9.15 Å². The van der Waals surface area contributed by atoms with Gasteiger partial charge in [0.25, 0.3) is 0 Å². The van der Waals surface area contributed by atoms with Crippen LogP contribution in [-0.4, -0.2) is 15.9 Å². The van der Waals surface area contributed by atoms with E-state index in [2.05, 4.69) is 73.7 Å². The molecule has 0 spiro atoms. The number of pyridine rings is 2. The zero-order valence-corrected chi connectivity index (χ0v) is 31.4. The molecule has 0 fully saturated rings. The first-order valence-electron chi connectivity index (χ1n) is 12.7. The number of nitrogens with zero attached hydrogens (tertiary/aromatic N) is 2. The van der Waals surface area contributed by atoms with E-state index in [0.717, 1.165) is 16.8 Å².